The van der Waals surface area contributed by atoms with Crippen molar-refractivity contribution in [3.05, 3.63) is 57.6 Å². The van der Waals surface area contributed by atoms with E-state index in [2.05, 4.69) is 21.2 Å². The van der Waals surface area contributed by atoms with Crippen LogP contribution in [0.15, 0.2) is 40.9 Å². The highest BCUT2D eigenvalue weighted by Crippen LogP contribution is 2.42. The van der Waals surface area contributed by atoms with Crippen molar-refractivity contribution in [2.45, 2.75) is 51.6 Å². The first-order chi connectivity index (χ1) is 15.7. The molecule has 0 bridgehead atoms. The molecule has 0 spiro atoms. The third-order valence-electron chi connectivity index (χ3n) is 4.44. The molecule has 0 fully saturated rings. The average Bonchev–Trinajstić information content (AvgIpc) is 2.70. The molecule has 0 aromatic heterocycles. The Balaban J connectivity index is 2.35. The standard InChI is InChI=1S/C23H25BrF3NO6/c1-22(2,3)34-21(31)28-17(20(29)30)11-14-7-10-16(23(25,26)27)18(24)19(14)33-12-13-5-8-15(32-4)9-6-13/h5-10,17H,11-12H2,1-4H3,(H,28,31)(H,29,30)/t17-/m0/s1. The largest absolute Gasteiger partial charge is 0.497 e. The van der Waals surface area contributed by atoms with Crippen LogP contribution in [0.3, 0.4) is 0 Å². The van der Waals surface area contributed by atoms with Crippen molar-refractivity contribution in [3.8, 4) is 11.5 Å². The highest BCUT2D eigenvalue weighted by atomic mass is 79.9. The number of hydrogen-bond donors (Lipinski definition) is 2. The van der Waals surface area contributed by atoms with Crippen molar-refractivity contribution in [2.75, 3.05) is 7.11 Å². The third-order valence-corrected chi connectivity index (χ3v) is 5.23. The van der Waals surface area contributed by atoms with E-state index in [1.54, 1.807) is 45.0 Å². The summed E-state index contributed by atoms with van der Waals surface area (Å²) in [5.74, 6) is -0.965. The summed E-state index contributed by atoms with van der Waals surface area (Å²) in [6.45, 7) is 4.75. The summed E-state index contributed by atoms with van der Waals surface area (Å²) in [6.07, 6.45) is -5.98. The molecule has 0 aliphatic rings. The quantitative estimate of drug-likeness (QED) is 0.448. The molecule has 11 heteroatoms. The highest BCUT2D eigenvalue weighted by molar-refractivity contribution is 9.10. The van der Waals surface area contributed by atoms with Crippen molar-refractivity contribution in [2.24, 2.45) is 0 Å². The minimum Gasteiger partial charge on any atom is -0.497 e. The second-order valence-electron chi connectivity index (χ2n) is 8.29. The number of rotatable bonds is 8. The van der Waals surface area contributed by atoms with Gasteiger partial charge in [-0.25, -0.2) is 9.59 Å². The number of hydrogen-bond acceptors (Lipinski definition) is 5. The van der Waals surface area contributed by atoms with Gasteiger partial charge in [-0.1, -0.05) is 18.2 Å². The van der Waals surface area contributed by atoms with Crippen molar-refractivity contribution >= 4 is 28.0 Å². The number of amides is 1. The molecule has 2 rings (SSSR count). The normalized spacial score (nSPS) is 12.6. The maximum absolute atomic E-state index is 13.5. The van der Waals surface area contributed by atoms with E-state index in [4.69, 9.17) is 14.2 Å². The average molecular weight is 548 g/mol. The Hall–Kier alpha value is -2.95. The van der Waals surface area contributed by atoms with Gasteiger partial charge in [0.2, 0.25) is 0 Å². The number of ether oxygens (including phenoxy) is 3. The fourth-order valence-corrected chi connectivity index (χ4v) is 3.60. The summed E-state index contributed by atoms with van der Waals surface area (Å²) >= 11 is 2.96. The van der Waals surface area contributed by atoms with E-state index in [9.17, 15) is 27.9 Å². The van der Waals surface area contributed by atoms with Gasteiger partial charge in [-0.3, -0.25) is 0 Å². The van der Waals surface area contributed by atoms with Crippen LogP contribution in [0.5, 0.6) is 11.5 Å². The summed E-state index contributed by atoms with van der Waals surface area (Å²) in [6, 6.07) is 7.20. The first-order valence-corrected chi connectivity index (χ1v) is 10.9. The number of nitrogens with one attached hydrogen (secondary N) is 1. The van der Waals surface area contributed by atoms with E-state index >= 15 is 0 Å². The number of benzene rings is 2. The van der Waals surface area contributed by atoms with Crippen LogP contribution >= 0.6 is 15.9 Å². The van der Waals surface area contributed by atoms with Crippen LogP contribution in [0, 0.1) is 0 Å². The predicted octanol–water partition coefficient (Wildman–Crippen LogP) is 5.58. The number of carbonyl (C=O) groups excluding carboxylic acids is 1. The van der Waals surface area contributed by atoms with Gasteiger partial charge in [0, 0.05) is 6.42 Å². The zero-order valence-corrected chi connectivity index (χ0v) is 20.5. The lowest BCUT2D eigenvalue weighted by atomic mass is 10.0. The zero-order valence-electron chi connectivity index (χ0n) is 19.0. The van der Waals surface area contributed by atoms with Crippen molar-refractivity contribution < 1.29 is 42.1 Å². The Morgan fingerprint density at radius 3 is 2.21 bits per heavy atom. The maximum atomic E-state index is 13.5. The van der Waals surface area contributed by atoms with E-state index in [1.165, 1.54) is 7.11 Å². The van der Waals surface area contributed by atoms with Gasteiger partial charge in [0.15, 0.2) is 0 Å². The van der Waals surface area contributed by atoms with E-state index in [-0.39, 0.29) is 28.8 Å². The summed E-state index contributed by atoms with van der Waals surface area (Å²) < 4.78 is 55.9. The molecular weight excluding hydrogens is 523 g/mol. The number of alkyl halides is 3. The smallest absolute Gasteiger partial charge is 0.417 e. The van der Waals surface area contributed by atoms with Crippen LogP contribution in [0.2, 0.25) is 0 Å². The van der Waals surface area contributed by atoms with Crippen LogP contribution in [0.25, 0.3) is 0 Å². The minimum absolute atomic E-state index is 0.0891. The molecule has 1 amide bonds. The summed E-state index contributed by atoms with van der Waals surface area (Å²) in [7, 11) is 1.50. The number of carboxylic acid groups (broad SMARTS) is 1. The molecule has 7 nitrogen and oxygen atoms in total. The van der Waals surface area contributed by atoms with Crippen LogP contribution in [-0.2, 0) is 28.7 Å². The molecule has 2 N–H and O–H groups in total. The second kappa shape index (κ2) is 11.0. The van der Waals surface area contributed by atoms with Gasteiger partial charge < -0.3 is 24.6 Å². The SMILES string of the molecule is COc1ccc(COc2c(C[C@H](NC(=O)OC(C)(C)C)C(=O)O)ccc(C(F)(F)F)c2Br)cc1. The number of carboxylic acids is 1. The number of carbonyl (C=O) groups is 2. The Kier molecular flexibility index (Phi) is 8.82. The Bertz CT molecular complexity index is 1020. The molecule has 0 saturated carbocycles. The Labute approximate surface area is 203 Å². The van der Waals surface area contributed by atoms with E-state index < -0.39 is 35.4 Å². The second-order valence-corrected chi connectivity index (χ2v) is 9.08. The van der Waals surface area contributed by atoms with Gasteiger partial charge in [0.05, 0.1) is 17.1 Å². The van der Waals surface area contributed by atoms with Gasteiger partial charge >= 0.3 is 18.2 Å². The molecule has 0 radical (unpaired) electrons. The lowest BCUT2D eigenvalue weighted by Gasteiger charge is -2.23. The molecule has 1 atom stereocenters. The van der Waals surface area contributed by atoms with Crippen molar-refractivity contribution in [1.82, 2.24) is 5.32 Å². The highest BCUT2D eigenvalue weighted by Gasteiger charge is 2.35. The van der Waals surface area contributed by atoms with Gasteiger partial charge in [-0.2, -0.15) is 13.2 Å². The molecule has 2 aromatic rings. The fraction of sp³-hybridized carbons (Fsp3) is 0.391. The Morgan fingerprint density at radius 2 is 1.71 bits per heavy atom. The molecule has 0 unspecified atom stereocenters. The first kappa shape index (κ1) is 27.3. The molecule has 0 aliphatic carbocycles. The lowest BCUT2D eigenvalue weighted by Crippen LogP contribution is -2.44. The lowest BCUT2D eigenvalue weighted by molar-refractivity contribution is -0.140. The summed E-state index contributed by atoms with van der Waals surface area (Å²) in [5.41, 5.74) is -1.04. The van der Waals surface area contributed by atoms with E-state index in [0.717, 1.165) is 12.1 Å². The number of methoxy groups -OCH3 is 1. The summed E-state index contributed by atoms with van der Waals surface area (Å²) in [4.78, 5) is 23.8. The van der Waals surface area contributed by atoms with E-state index in [1.807, 2.05) is 0 Å². The van der Waals surface area contributed by atoms with Crippen LogP contribution in [0.4, 0.5) is 18.0 Å². The maximum Gasteiger partial charge on any atom is 0.417 e. The van der Waals surface area contributed by atoms with Crippen molar-refractivity contribution in [3.63, 3.8) is 0 Å². The van der Waals surface area contributed by atoms with Gasteiger partial charge in [0.25, 0.3) is 0 Å². The fourth-order valence-electron chi connectivity index (χ4n) is 2.88. The molecule has 186 valence electrons. The van der Waals surface area contributed by atoms with Crippen LogP contribution in [0.1, 0.15) is 37.5 Å². The van der Waals surface area contributed by atoms with Gasteiger partial charge in [0.1, 0.15) is 29.7 Å². The first-order valence-electron chi connectivity index (χ1n) is 10.1. The number of alkyl carbamates (subject to hydrolysis) is 1. The molecule has 34 heavy (non-hydrogen) atoms. The monoisotopic (exact) mass is 547 g/mol. The minimum atomic E-state index is -4.67. The van der Waals surface area contributed by atoms with Gasteiger partial charge in [-0.15, -0.1) is 0 Å². The summed E-state index contributed by atoms with van der Waals surface area (Å²) in [5, 5.41) is 11.8. The molecule has 0 saturated heterocycles. The third kappa shape index (κ3) is 7.82. The van der Waals surface area contributed by atoms with Crippen LogP contribution in [-0.4, -0.2) is 35.9 Å². The number of aliphatic carboxylic acids is 1. The Morgan fingerprint density at radius 1 is 1.09 bits per heavy atom. The molecular formula is C23H25BrF3NO6. The van der Waals surface area contributed by atoms with E-state index in [0.29, 0.717) is 11.3 Å². The predicted molar refractivity (Wildman–Crippen MR) is 121 cm³/mol. The van der Waals surface area contributed by atoms with Crippen LogP contribution < -0.4 is 14.8 Å². The van der Waals surface area contributed by atoms with Crippen molar-refractivity contribution in [1.29, 1.82) is 0 Å². The number of halogens is 4. The molecule has 0 aliphatic heterocycles. The zero-order chi connectivity index (χ0) is 25.7. The topological polar surface area (TPSA) is 94.1 Å². The molecule has 0 heterocycles. The molecule has 2 aromatic carbocycles. The van der Waals surface area contributed by atoms with Gasteiger partial charge in [-0.05, 0) is 66.0 Å².